The van der Waals surface area contributed by atoms with Crippen molar-refractivity contribution >= 4 is 0 Å². The summed E-state index contributed by atoms with van der Waals surface area (Å²) in [7, 11) is 0. The van der Waals surface area contributed by atoms with Crippen LogP contribution in [0, 0.1) is 11.3 Å². The first kappa shape index (κ1) is 17.5. The first-order chi connectivity index (χ1) is 10.4. The summed E-state index contributed by atoms with van der Waals surface area (Å²) in [5, 5.41) is 11.5. The molecular formula is C21H34O. The Morgan fingerprint density at radius 3 is 2.18 bits per heavy atom. The van der Waals surface area contributed by atoms with Crippen LogP contribution in [0.25, 0.3) is 0 Å². The summed E-state index contributed by atoms with van der Waals surface area (Å²) in [4.78, 5) is 0. The van der Waals surface area contributed by atoms with Crippen molar-refractivity contribution in [2.45, 2.75) is 84.2 Å². The second-order valence-electron chi connectivity index (χ2n) is 8.09. The van der Waals surface area contributed by atoms with E-state index in [1.807, 2.05) is 0 Å². The molecule has 1 aliphatic rings. The van der Waals surface area contributed by atoms with Gasteiger partial charge in [-0.3, -0.25) is 0 Å². The van der Waals surface area contributed by atoms with Crippen LogP contribution >= 0.6 is 0 Å². The van der Waals surface area contributed by atoms with Crippen LogP contribution in [0.3, 0.4) is 0 Å². The largest absolute Gasteiger partial charge is 0.389 e. The van der Waals surface area contributed by atoms with Gasteiger partial charge >= 0.3 is 0 Å². The molecule has 0 heterocycles. The molecule has 22 heavy (non-hydrogen) atoms. The summed E-state index contributed by atoms with van der Waals surface area (Å²) < 4.78 is 0. The van der Waals surface area contributed by atoms with Crippen molar-refractivity contribution in [1.29, 1.82) is 0 Å². The molecule has 0 radical (unpaired) electrons. The minimum absolute atomic E-state index is 0.0812. The number of hydrogen-bond acceptors (Lipinski definition) is 1. The Hall–Kier alpha value is -0.820. The minimum Gasteiger partial charge on any atom is -0.389 e. The zero-order valence-electron chi connectivity index (χ0n) is 14.9. The summed E-state index contributed by atoms with van der Waals surface area (Å²) in [5.41, 5.74) is 0.544. The van der Waals surface area contributed by atoms with Gasteiger partial charge in [0, 0.05) is 5.92 Å². The molecule has 1 aromatic rings. The fourth-order valence-corrected chi connectivity index (χ4v) is 3.96. The van der Waals surface area contributed by atoms with Gasteiger partial charge in [0.25, 0.3) is 0 Å². The zero-order valence-corrected chi connectivity index (χ0v) is 14.9. The number of benzene rings is 1. The van der Waals surface area contributed by atoms with Gasteiger partial charge in [-0.2, -0.15) is 0 Å². The fourth-order valence-electron chi connectivity index (χ4n) is 3.96. The maximum atomic E-state index is 11.5. The van der Waals surface area contributed by atoms with E-state index in [1.165, 1.54) is 37.7 Å². The van der Waals surface area contributed by atoms with Gasteiger partial charge in [0.05, 0.1) is 5.60 Å². The van der Waals surface area contributed by atoms with Gasteiger partial charge in [0.15, 0.2) is 0 Å². The highest BCUT2D eigenvalue weighted by molar-refractivity contribution is 5.24. The van der Waals surface area contributed by atoms with Crippen LogP contribution in [-0.4, -0.2) is 10.7 Å². The van der Waals surface area contributed by atoms with Gasteiger partial charge in [-0.1, -0.05) is 83.2 Å². The monoisotopic (exact) mass is 302 g/mol. The molecule has 0 saturated heterocycles. The van der Waals surface area contributed by atoms with E-state index >= 15 is 0 Å². The smallest absolute Gasteiger partial charge is 0.0738 e. The Labute approximate surface area is 137 Å². The van der Waals surface area contributed by atoms with E-state index < -0.39 is 5.60 Å². The van der Waals surface area contributed by atoms with E-state index in [-0.39, 0.29) is 11.3 Å². The van der Waals surface area contributed by atoms with Gasteiger partial charge in [0.1, 0.15) is 0 Å². The third-order valence-electron chi connectivity index (χ3n) is 6.43. The van der Waals surface area contributed by atoms with Crippen molar-refractivity contribution in [3.05, 3.63) is 35.9 Å². The zero-order chi connectivity index (χ0) is 16.2. The number of hydrogen-bond donors (Lipinski definition) is 1. The van der Waals surface area contributed by atoms with E-state index in [2.05, 4.69) is 58.0 Å². The molecule has 0 spiro atoms. The second kappa shape index (κ2) is 7.17. The lowest BCUT2D eigenvalue weighted by Gasteiger charge is -2.46. The van der Waals surface area contributed by atoms with Crippen LogP contribution < -0.4 is 0 Å². The first-order valence-corrected chi connectivity index (χ1v) is 9.16. The molecule has 2 atom stereocenters. The van der Waals surface area contributed by atoms with Crippen LogP contribution in [0.1, 0.15) is 84.1 Å². The van der Waals surface area contributed by atoms with Crippen LogP contribution in [0.15, 0.2) is 30.3 Å². The molecule has 1 heteroatoms. The van der Waals surface area contributed by atoms with Crippen molar-refractivity contribution in [3.8, 4) is 0 Å². The molecule has 0 aliphatic heterocycles. The molecule has 0 bridgehead atoms. The average molecular weight is 303 g/mol. The van der Waals surface area contributed by atoms with E-state index in [9.17, 15) is 5.11 Å². The van der Waals surface area contributed by atoms with Crippen LogP contribution in [0.4, 0.5) is 0 Å². The molecule has 124 valence electrons. The topological polar surface area (TPSA) is 20.2 Å². The summed E-state index contributed by atoms with van der Waals surface area (Å²) in [6.07, 6.45) is 8.92. The Kier molecular flexibility index (Phi) is 5.71. The van der Waals surface area contributed by atoms with Crippen LogP contribution in [0.2, 0.25) is 0 Å². The molecule has 1 N–H and O–H groups in total. The lowest BCUT2D eigenvalue weighted by Crippen LogP contribution is -2.47. The predicted octanol–water partition coefficient (Wildman–Crippen LogP) is 5.93. The van der Waals surface area contributed by atoms with Gasteiger partial charge < -0.3 is 5.11 Å². The van der Waals surface area contributed by atoms with Gasteiger partial charge in [-0.25, -0.2) is 0 Å². The summed E-state index contributed by atoms with van der Waals surface area (Å²) in [5.74, 6) is 1.00. The van der Waals surface area contributed by atoms with E-state index in [0.717, 1.165) is 18.8 Å². The first-order valence-electron chi connectivity index (χ1n) is 9.16. The van der Waals surface area contributed by atoms with Gasteiger partial charge in [-0.05, 0) is 36.7 Å². The Morgan fingerprint density at radius 2 is 1.64 bits per heavy atom. The predicted molar refractivity (Wildman–Crippen MR) is 95.1 cm³/mol. The van der Waals surface area contributed by atoms with Crippen molar-refractivity contribution < 1.29 is 5.11 Å². The Morgan fingerprint density at radius 1 is 1.05 bits per heavy atom. The lowest BCUT2D eigenvalue weighted by atomic mass is 9.63. The van der Waals surface area contributed by atoms with Crippen LogP contribution in [0.5, 0.6) is 0 Å². The molecule has 0 aromatic heterocycles. The normalized spacial score (nSPS) is 21.3. The van der Waals surface area contributed by atoms with E-state index in [1.54, 1.807) is 0 Å². The summed E-state index contributed by atoms with van der Waals surface area (Å²) in [6, 6.07) is 10.7. The molecule has 1 nitrogen and oxygen atoms in total. The fraction of sp³-hybridized carbons (Fsp3) is 0.714. The van der Waals surface area contributed by atoms with E-state index in [0.29, 0.717) is 0 Å². The standard InChI is InChI=1S/C21H34O/c1-5-20(2,3)21(4,22)19(18-14-10-7-11-15-18)16-17-12-8-6-9-13-17/h7,10-11,14-15,17,19,22H,5-6,8-9,12-13,16H2,1-4H3. The molecule has 1 saturated carbocycles. The quantitative estimate of drug-likeness (QED) is 0.690. The highest BCUT2D eigenvalue weighted by Crippen LogP contribution is 2.47. The molecule has 0 amide bonds. The third-order valence-corrected chi connectivity index (χ3v) is 6.43. The van der Waals surface area contributed by atoms with Gasteiger partial charge in [0.2, 0.25) is 0 Å². The van der Waals surface area contributed by atoms with Crippen molar-refractivity contribution in [1.82, 2.24) is 0 Å². The van der Waals surface area contributed by atoms with Crippen molar-refractivity contribution in [2.75, 3.05) is 0 Å². The number of rotatable bonds is 6. The van der Waals surface area contributed by atoms with Crippen molar-refractivity contribution in [2.24, 2.45) is 11.3 Å². The molecule has 2 unspecified atom stereocenters. The highest BCUT2D eigenvalue weighted by Gasteiger charge is 2.45. The summed E-state index contributed by atoms with van der Waals surface area (Å²) >= 11 is 0. The maximum absolute atomic E-state index is 11.5. The highest BCUT2D eigenvalue weighted by atomic mass is 16.3. The Balaban J connectivity index is 2.28. The third kappa shape index (κ3) is 3.74. The molecular weight excluding hydrogens is 268 g/mol. The molecule has 1 fully saturated rings. The summed E-state index contributed by atoms with van der Waals surface area (Å²) in [6.45, 7) is 8.68. The molecule has 2 rings (SSSR count). The minimum atomic E-state index is -0.680. The van der Waals surface area contributed by atoms with Crippen LogP contribution in [-0.2, 0) is 0 Å². The average Bonchev–Trinajstić information content (AvgIpc) is 2.54. The molecule has 1 aliphatic carbocycles. The SMILES string of the molecule is CCC(C)(C)C(C)(O)C(CC1CCCCC1)c1ccccc1. The second-order valence-corrected chi connectivity index (χ2v) is 8.09. The van der Waals surface area contributed by atoms with Gasteiger partial charge in [-0.15, -0.1) is 0 Å². The van der Waals surface area contributed by atoms with E-state index in [4.69, 9.17) is 0 Å². The maximum Gasteiger partial charge on any atom is 0.0738 e. The number of aliphatic hydroxyl groups is 1. The molecule has 1 aromatic carbocycles. The lowest BCUT2D eigenvalue weighted by molar-refractivity contribution is -0.0811. The Bertz CT molecular complexity index is 440. The van der Waals surface area contributed by atoms with Crippen molar-refractivity contribution in [3.63, 3.8) is 0 Å².